The van der Waals surface area contributed by atoms with E-state index in [0.717, 1.165) is 24.2 Å². The zero-order valence-electron chi connectivity index (χ0n) is 13.4. The van der Waals surface area contributed by atoms with E-state index in [0.29, 0.717) is 13.1 Å². The molecular weight excluding hydrogens is 272 g/mol. The number of carbonyl (C=O) groups excluding carboxylic acids is 1. The molecule has 2 aromatic carbocycles. The van der Waals surface area contributed by atoms with E-state index in [1.165, 1.54) is 5.56 Å². The van der Waals surface area contributed by atoms with E-state index in [1.54, 1.807) is 4.90 Å². The number of aryl methyl sites for hydroxylation is 1. The SMILES string of the molecule is CCCc1ccc(NCC(=O)N(CC)c2ccccc2)cc1. The third kappa shape index (κ3) is 4.35. The number of nitrogens with zero attached hydrogens (tertiary/aromatic N) is 1. The van der Waals surface area contributed by atoms with Gasteiger partial charge in [0.2, 0.25) is 5.91 Å². The van der Waals surface area contributed by atoms with Gasteiger partial charge in [-0.05, 0) is 43.2 Å². The van der Waals surface area contributed by atoms with Crippen LogP contribution in [-0.2, 0) is 11.2 Å². The summed E-state index contributed by atoms with van der Waals surface area (Å²) in [6.45, 7) is 5.13. The maximum absolute atomic E-state index is 12.4. The number of para-hydroxylation sites is 1. The molecule has 3 nitrogen and oxygen atoms in total. The third-order valence-electron chi connectivity index (χ3n) is 3.62. The lowest BCUT2D eigenvalue weighted by Crippen LogP contribution is -2.35. The normalized spacial score (nSPS) is 10.3. The molecule has 0 aliphatic rings. The Bertz CT molecular complexity index is 578. The Kier molecular flexibility index (Phi) is 6.01. The molecule has 116 valence electrons. The van der Waals surface area contributed by atoms with Gasteiger partial charge >= 0.3 is 0 Å². The largest absolute Gasteiger partial charge is 0.376 e. The minimum Gasteiger partial charge on any atom is -0.376 e. The molecule has 0 saturated carbocycles. The molecule has 0 radical (unpaired) electrons. The summed E-state index contributed by atoms with van der Waals surface area (Å²) in [5.74, 6) is 0.0753. The second-order valence-corrected chi connectivity index (χ2v) is 5.27. The summed E-state index contributed by atoms with van der Waals surface area (Å²) in [5.41, 5.74) is 3.26. The van der Waals surface area contributed by atoms with Crippen LogP contribution in [0.3, 0.4) is 0 Å². The standard InChI is InChI=1S/C19H24N2O/c1-3-8-16-11-13-17(14-12-16)20-15-19(22)21(4-2)18-9-6-5-7-10-18/h5-7,9-14,20H,3-4,8,15H2,1-2H3. The zero-order valence-corrected chi connectivity index (χ0v) is 13.4. The summed E-state index contributed by atoms with van der Waals surface area (Å²) in [6.07, 6.45) is 2.24. The second-order valence-electron chi connectivity index (χ2n) is 5.27. The molecule has 22 heavy (non-hydrogen) atoms. The highest BCUT2D eigenvalue weighted by Gasteiger charge is 2.12. The molecule has 0 saturated heterocycles. The third-order valence-corrected chi connectivity index (χ3v) is 3.62. The van der Waals surface area contributed by atoms with Crippen molar-refractivity contribution in [2.45, 2.75) is 26.7 Å². The maximum Gasteiger partial charge on any atom is 0.246 e. The molecule has 0 spiro atoms. The molecule has 0 heterocycles. The summed E-state index contributed by atoms with van der Waals surface area (Å²) in [6, 6.07) is 18.1. The highest BCUT2D eigenvalue weighted by Crippen LogP contribution is 2.14. The van der Waals surface area contributed by atoms with E-state index in [1.807, 2.05) is 49.4 Å². The van der Waals surface area contributed by atoms with Crippen LogP contribution in [0.1, 0.15) is 25.8 Å². The molecule has 0 fully saturated rings. The minimum absolute atomic E-state index is 0.0753. The van der Waals surface area contributed by atoms with E-state index in [2.05, 4.69) is 24.4 Å². The van der Waals surface area contributed by atoms with Gasteiger partial charge in [-0.1, -0.05) is 43.7 Å². The fourth-order valence-corrected chi connectivity index (χ4v) is 2.46. The van der Waals surface area contributed by atoms with Gasteiger partial charge in [0.15, 0.2) is 0 Å². The van der Waals surface area contributed by atoms with Crippen LogP contribution in [0, 0.1) is 0 Å². The average molecular weight is 296 g/mol. The summed E-state index contributed by atoms with van der Waals surface area (Å²) >= 11 is 0. The first-order valence-corrected chi connectivity index (χ1v) is 7.92. The van der Waals surface area contributed by atoms with Crippen molar-refractivity contribution in [1.82, 2.24) is 0 Å². The van der Waals surface area contributed by atoms with E-state index in [4.69, 9.17) is 0 Å². The van der Waals surface area contributed by atoms with Gasteiger partial charge in [-0.3, -0.25) is 4.79 Å². The topological polar surface area (TPSA) is 32.3 Å². The molecule has 0 aromatic heterocycles. The van der Waals surface area contributed by atoms with E-state index >= 15 is 0 Å². The van der Waals surface area contributed by atoms with Crippen molar-refractivity contribution in [2.75, 3.05) is 23.3 Å². The van der Waals surface area contributed by atoms with Crippen molar-refractivity contribution < 1.29 is 4.79 Å². The number of nitrogens with one attached hydrogen (secondary N) is 1. The van der Waals surface area contributed by atoms with Crippen LogP contribution in [0.2, 0.25) is 0 Å². The number of likely N-dealkylation sites (N-methyl/N-ethyl adjacent to an activating group) is 1. The Morgan fingerprint density at radius 1 is 1.00 bits per heavy atom. The Morgan fingerprint density at radius 2 is 1.68 bits per heavy atom. The fourth-order valence-electron chi connectivity index (χ4n) is 2.46. The van der Waals surface area contributed by atoms with Crippen LogP contribution < -0.4 is 10.2 Å². The van der Waals surface area contributed by atoms with Gasteiger partial charge in [-0.25, -0.2) is 0 Å². The Morgan fingerprint density at radius 3 is 2.27 bits per heavy atom. The number of benzene rings is 2. The van der Waals surface area contributed by atoms with Crippen molar-refractivity contribution >= 4 is 17.3 Å². The lowest BCUT2D eigenvalue weighted by atomic mass is 10.1. The van der Waals surface area contributed by atoms with Crippen LogP contribution in [0.25, 0.3) is 0 Å². The molecule has 0 aliphatic carbocycles. The number of hydrogen-bond donors (Lipinski definition) is 1. The van der Waals surface area contributed by atoms with Crippen LogP contribution in [0.15, 0.2) is 54.6 Å². The maximum atomic E-state index is 12.4. The molecule has 0 unspecified atom stereocenters. The molecule has 2 aromatic rings. The number of anilines is 2. The fraction of sp³-hybridized carbons (Fsp3) is 0.316. The number of rotatable bonds is 7. The lowest BCUT2D eigenvalue weighted by molar-refractivity contribution is -0.116. The van der Waals surface area contributed by atoms with E-state index < -0.39 is 0 Å². The minimum atomic E-state index is 0.0753. The number of carbonyl (C=O) groups is 1. The van der Waals surface area contributed by atoms with E-state index in [-0.39, 0.29) is 5.91 Å². The van der Waals surface area contributed by atoms with Gasteiger partial charge < -0.3 is 10.2 Å². The predicted molar refractivity (Wildman–Crippen MR) is 93.4 cm³/mol. The summed E-state index contributed by atoms with van der Waals surface area (Å²) in [4.78, 5) is 14.2. The van der Waals surface area contributed by atoms with E-state index in [9.17, 15) is 4.79 Å². The molecular formula is C19H24N2O. The first-order valence-electron chi connectivity index (χ1n) is 7.92. The van der Waals surface area contributed by atoms with Crippen LogP contribution in [-0.4, -0.2) is 19.0 Å². The van der Waals surface area contributed by atoms with Crippen molar-refractivity contribution in [1.29, 1.82) is 0 Å². The molecule has 1 amide bonds. The highest BCUT2D eigenvalue weighted by molar-refractivity contribution is 5.96. The van der Waals surface area contributed by atoms with Gasteiger partial charge in [0, 0.05) is 17.9 Å². The number of hydrogen-bond acceptors (Lipinski definition) is 2. The first-order chi connectivity index (χ1) is 10.7. The summed E-state index contributed by atoms with van der Waals surface area (Å²) < 4.78 is 0. The molecule has 3 heteroatoms. The molecule has 0 bridgehead atoms. The number of amides is 1. The molecule has 1 N–H and O–H groups in total. The van der Waals surface area contributed by atoms with Crippen molar-refractivity contribution in [3.63, 3.8) is 0 Å². The average Bonchev–Trinajstić information content (AvgIpc) is 2.56. The highest BCUT2D eigenvalue weighted by atomic mass is 16.2. The molecule has 2 rings (SSSR count). The Balaban J connectivity index is 1.93. The Labute approximate surface area is 133 Å². The van der Waals surface area contributed by atoms with Gasteiger partial charge in [0.05, 0.1) is 6.54 Å². The van der Waals surface area contributed by atoms with Crippen LogP contribution in [0.5, 0.6) is 0 Å². The monoisotopic (exact) mass is 296 g/mol. The summed E-state index contributed by atoms with van der Waals surface area (Å²) in [5, 5.41) is 3.21. The van der Waals surface area contributed by atoms with Gasteiger partial charge in [-0.15, -0.1) is 0 Å². The van der Waals surface area contributed by atoms with Gasteiger partial charge in [0.1, 0.15) is 0 Å². The Hall–Kier alpha value is -2.29. The quantitative estimate of drug-likeness (QED) is 0.834. The predicted octanol–water partition coefficient (Wildman–Crippen LogP) is 4.10. The zero-order chi connectivity index (χ0) is 15.8. The smallest absolute Gasteiger partial charge is 0.246 e. The summed E-state index contributed by atoms with van der Waals surface area (Å²) in [7, 11) is 0. The second kappa shape index (κ2) is 8.23. The van der Waals surface area contributed by atoms with Crippen LogP contribution >= 0.6 is 0 Å². The van der Waals surface area contributed by atoms with Gasteiger partial charge in [0.25, 0.3) is 0 Å². The van der Waals surface area contributed by atoms with Crippen LogP contribution in [0.4, 0.5) is 11.4 Å². The van der Waals surface area contributed by atoms with Crippen molar-refractivity contribution in [3.05, 3.63) is 60.2 Å². The first kappa shape index (κ1) is 16.1. The molecule has 0 atom stereocenters. The lowest BCUT2D eigenvalue weighted by Gasteiger charge is -2.21. The van der Waals surface area contributed by atoms with Crippen molar-refractivity contribution in [2.24, 2.45) is 0 Å². The molecule has 0 aliphatic heterocycles. The van der Waals surface area contributed by atoms with Gasteiger partial charge in [-0.2, -0.15) is 0 Å². The van der Waals surface area contributed by atoms with Crippen molar-refractivity contribution in [3.8, 4) is 0 Å².